The van der Waals surface area contributed by atoms with E-state index in [1.807, 2.05) is 0 Å². The van der Waals surface area contributed by atoms with E-state index in [-0.39, 0.29) is 0 Å². The van der Waals surface area contributed by atoms with Crippen molar-refractivity contribution in [3.05, 3.63) is 23.0 Å². The van der Waals surface area contributed by atoms with Crippen molar-refractivity contribution < 1.29 is 0 Å². The number of allylic oxidation sites excluding steroid dienone is 4. The third-order valence-corrected chi connectivity index (χ3v) is 3.67. The fourth-order valence-electron chi connectivity index (χ4n) is 2.29. The van der Waals surface area contributed by atoms with Crippen molar-refractivity contribution in [3.8, 4) is 0 Å². The predicted molar refractivity (Wildman–Crippen MR) is 53.1 cm³/mol. The first-order chi connectivity index (χ1) is 6.28. The highest BCUT2D eigenvalue weighted by atomic mass is 15.0. The second-order valence-electron chi connectivity index (χ2n) is 4.88. The van der Waals surface area contributed by atoms with Crippen molar-refractivity contribution in [1.82, 2.24) is 5.32 Å². The molecule has 0 unspecified atom stereocenters. The Labute approximate surface area is 79.9 Å². The van der Waals surface area contributed by atoms with Gasteiger partial charge in [-0.05, 0) is 50.2 Å². The molecule has 0 atom stereocenters. The topological polar surface area (TPSA) is 14.1 Å². The zero-order valence-electron chi connectivity index (χ0n) is 8.27. The molecule has 3 aliphatic rings. The minimum atomic E-state index is 0.470. The van der Waals surface area contributed by atoms with Gasteiger partial charge in [0.05, 0.1) is 0 Å². The Kier molecular flexibility index (Phi) is 1.42. The standard InChI is InChI=1S/C12H16N/c1-12(6-7-12)11-8-9-4-2-3-5-10(9)13-11/h8H,2-7H2,1H3. The molecule has 0 N–H and O–H groups in total. The van der Waals surface area contributed by atoms with Crippen molar-refractivity contribution in [2.45, 2.75) is 45.4 Å². The number of rotatable bonds is 1. The average Bonchev–Trinajstić information content (AvgIpc) is 2.76. The maximum atomic E-state index is 4.78. The van der Waals surface area contributed by atoms with Crippen LogP contribution in [0.15, 0.2) is 23.0 Å². The van der Waals surface area contributed by atoms with Gasteiger partial charge in [0.15, 0.2) is 0 Å². The van der Waals surface area contributed by atoms with Gasteiger partial charge in [-0.2, -0.15) is 0 Å². The number of nitrogens with zero attached hydrogens (tertiary/aromatic N) is 1. The van der Waals surface area contributed by atoms with E-state index in [9.17, 15) is 0 Å². The van der Waals surface area contributed by atoms with Crippen LogP contribution in [0.25, 0.3) is 0 Å². The lowest BCUT2D eigenvalue weighted by Gasteiger charge is -2.13. The van der Waals surface area contributed by atoms with Gasteiger partial charge >= 0.3 is 0 Å². The summed E-state index contributed by atoms with van der Waals surface area (Å²) in [5.74, 6) is 0. The molecule has 0 spiro atoms. The van der Waals surface area contributed by atoms with Gasteiger partial charge in [0.25, 0.3) is 0 Å². The van der Waals surface area contributed by atoms with E-state index in [4.69, 9.17) is 5.32 Å². The molecule has 13 heavy (non-hydrogen) atoms. The van der Waals surface area contributed by atoms with E-state index in [1.165, 1.54) is 49.9 Å². The Balaban J connectivity index is 1.84. The van der Waals surface area contributed by atoms with Crippen LogP contribution in [0, 0.1) is 5.41 Å². The zero-order valence-corrected chi connectivity index (χ0v) is 8.27. The lowest BCUT2D eigenvalue weighted by atomic mass is 9.97. The molecule has 1 heterocycles. The maximum Gasteiger partial charge on any atom is 0.0469 e. The van der Waals surface area contributed by atoms with Crippen LogP contribution in [0.2, 0.25) is 0 Å². The highest BCUT2D eigenvalue weighted by Crippen LogP contribution is 2.53. The van der Waals surface area contributed by atoms with E-state index in [2.05, 4.69) is 13.0 Å². The van der Waals surface area contributed by atoms with Crippen LogP contribution in [0.5, 0.6) is 0 Å². The summed E-state index contributed by atoms with van der Waals surface area (Å²) in [6.45, 7) is 2.35. The molecule has 2 aliphatic carbocycles. The van der Waals surface area contributed by atoms with Crippen molar-refractivity contribution in [2.24, 2.45) is 5.41 Å². The monoisotopic (exact) mass is 174 g/mol. The Morgan fingerprint density at radius 2 is 2.00 bits per heavy atom. The van der Waals surface area contributed by atoms with Crippen molar-refractivity contribution in [1.29, 1.82) is 0 Å². The third-order valence-electron chi connectivity index (χ3n) is 3.67. The molecule has 69 valence electrons. The van der Waals surface area contributed by atoms with Gasteiger partial charge in [0.1, 0.15) is 0 Å². The molecule has 1 radical (unpaired) electrons. The second-order valence-corrected chi connectivity index (χ2v) is 4.88. The van der Waals surface area contributed by atoms with Gasteiger partial charge in [-0.15, -0.1) is 0 Å². The molecule has 0 aromatic carbocycles. The molecule has 1 heteroatoms. The van der Waals surface area contributed by atoms with Crippen LogP contribution in [0.1, 0.15) is 45.4 Å². The Bertz CT molecular complexity index is 305. The molecule has 1 aliphatic heterocycles. The first-order valence-electron chi connectivity index (χ1n) is 5.44. The van der Waals surface area contributed by atoms with Gasteiger partial charge < -0.3 is 0 Å². The minimum Gasteiger partial charge on any atom is -0.257 e. The summed E-state index contributed by atoms with van der Waals surface area (Å²) in [6, 6.07) is 0. The van der Waals surface area contributed by atoms with Crippen LogP contribution >= 0.6 is 0 Å². The van der Waals surface area contributed by atoms with E-state index >= 15 is 0 Å². The molecule has 1 saturated carbocycles. The van der Waals surface area contributed by atoms with Gasteiger partial charge in [0, 0.05) is 16.8 Å². The zero-order chi connectivity index (χ0) is 8.89. The number of hydrogen-bond acceptors (Lipinski definition) is 0. The Morgan fingerprint density at radius 3 is 2.69 bits per heavy atom. The van der Waals surface area contributed by atoms with E-state index in [0.717, 1.165) is 0 Å². The van der Waals surface area contributed by atoms with Crippen LogP contribution in [-0.4, -0.2) is 0 Å². The molecule has 1 fully saturated rings. The van der Waals surface area contributed by atoms with Crippen LogP contribution in [-0.2, 0) is 0 Å². The first kappa shape index (κ1) is 7.66. The number of hydrogen-bond donors (Lipinski definition) is 0. The SMILES string of the molecule is CC1(C2=CC3=C(CCCC3)[N]2)CC1. The molecular weight excluding hydrogens is 158 g/mol. The lowest BCUT2D eigenvalue weighted by Crippen LogP contribution is -2.09. The lowest BCUT2D eigenvalue weighted by molar-refractivity contribution is 0.608. The Hall–Kier alpha value is -0.720. The summed E-state index contributed by atoms with van der Waals surface area (Å²) in [7, 11) is 0. The van der Waals surface area contributed by atoms with E-state index in [0.29, 0.717) is 5.41 Å². The van der Waals surface area contributed by atoms with Crippen molar-refractivity contribution >= 4 is 0 Å². The summed E-state index contributed by atoms with van der Waals surface area (Å²) in [6.07, 6.45) is 10.3. The van der Waals surface area contributed by atoms with Crippen molar-refractivity contribution in [3.63, 3.8) is 0 Å². The molecule has 0 bridgehead atoms. The second kappa shape index (κ2) is 2.40. The summed E-state index contributed by atoms with van der Waals surface area (Å²) in [5.41, 5.74) is 4.82. The fraction of sp³-hybridized carbons (Fsp3) is 0.667. The summed E-state index contributed by atoms with van der Waals surface area (Å²) < 4.78 is 0. The molecule has 0 aromatic heterocycles. The molecule has 0 amide bonds. The quantitative estimate of drug-likeness (QED) is 0.580. The molecule has 1 nitrogen and oxygen atoms in total. The van der Waals surface area contributed by atoms with E-state index < -0.39 is 0 Å². The molecule has 0 saturated heterocycles. The van der Waals surface area contributed by atoms with Gasteiger partial charge in [-0.25, -0.2) is 0 Å². The molecular formula is C12H16N. The third kappa shape index (κ3) is 1.13. The van der Waals surface area contributed by atoms with Crippen LogP contribution in [0.3, 0.4) is 0 Å². The summed E-state index contributed by atoms with van der Waals surface area (Å²) in [5, 5.41) is 4.78. The van der Waals surface area contributed by atoms with Crippen LogP contribution < -0.4 is 5.32 Å². The minimum absolute atomic E-state index is 0.470. The first-order valence-corrected chi connectivity index (χ1v) is 5.44. The fourth-order valence-corrected chi connectivity index (χ4v) is 2.29. The predicted octanol–water partition coefficient (Wildman–Crippen LogP) is 3.12. The smallest absolute Gasteiger partial charge is 0.0469 e. The molecule has 0 aromatic rings. The maximum absolute atomic E-state index is 4.78. The summed E-state index contributed by atoms with van der Waals surface area (Å²) >= 11 is 0. The van der Waals surface area contributed by atoms with Crippen LogP contribution in [0.4, 0.5) is 0 Å². The Morgan fingerprint density at radius 1 is 1.23 bits per heavy atom. The average molecular weight is 174 g/mol. The van der Waals surface area contributed by atoms with Crippen molar-refractivity contribution in [2.75, 3.05) is 0 Å². The highest BCUT2D eigenvalue weighted by Gasteiger charge is 2.44. The van der Waals surface area contributed by atoms with Gasteiger partial charge in [-0.1, -0.05) is 6.92 Å². The van der Waals surface area contributed by atoms with Gasteiger partial charge in [-0.3, -0.25) is 5.32 Å². The normalized spacial score (nSPS) is 29.5. The van der Waals surface area contributed by atoms with E-state index in [1.54, 1.807) is 5.57 Å². The highest BCUT2D eigenvalue weighted by molar-refractivity contribution is 5.41. The molecule has 3 rings (SSSR count). The summed E-state index contributed by atoms with van der Waals surface area (Å²) in [4.78, 5) is 0. The largest absolute Gasteiger partial charge is 0.257 e. The van der Waals surface area contributed by atoms with Gasteiger partial charge in [0.2, 0.25) is 0 Å².